The summed E-state index contributed by atoms with van der Waals surface area (Å²) in [6.07, 6.45) is 0. The molecule has 0 aliphatic carbocycles. The van der Waals surface area contributed by atoms with E-state index in [4.69, 9.17) is 5.73 Å². The fraction of sp³-hybridized carbons (Fsp3) is 0.231. The Hall–Kier alpha value is -1.81. The van der Waals surface area contributed by atoms with Crippen molar-refractivity contribution in [3.63, 3.8) is 0 Å². The van der Waals surface area contributed by atoms with Crippen molar-refractivity contribution in [3.8, 4) is 11.4 Å². The zero-order valence-corrected chi connectivity index (χ0v) is 9.87. The van der Waals surface area contributed by atoms with Crippen LogP contribution in [0.3, 0.4) is 0 Å². The van der Waals surface area contributed by atoms with E-state index in [1.165, 1.54) is 12.1 Å². The Labute approximate surface area is 99.5 Å². The number of nitrogens with zero attached hydrogens (tertiary/aromatic N) is 2. The highest BCUT2D eigenvalue weighted by Crippen LogP contribution is 2.18. The molecule has 0 unspecified atom stereocenters. The molecule has 2 N–H and O–H groups in total. The third-order valence-corrected chi connectivity index (χ3v) is 2.79. The summed E-state index contributed by atoms with van der Waals surface area (Å²) in [5, 5.41) is 0. The van der Waals surface area contributed by atoms with E-state index in [2.05, 4.69) is 9.97 Å². The molecule has 0 radical (unpaired) electrons. The highest BCUT2D eigenvalue weighted by Gasteiger charge is 2.08. The molecule has 0 amide bonds. The third-order valence-electron chi connectivity index (χ3n) is 2.79. The van der Waals surface area contributed by atoms with Crippen molar-refractivity contribution in [1.82, 2.24) is 9.97 Å². The molecule has 0 fully saturated rings. The predicted octanol–water partition coefficient (Wildman–Crippen LogP) is 2.36. The SMILES string of the molecule is Cc1nc(-c2ccc(F)cc2)nc(CN)c1C. The van der Waals surface area contributed by atoms with Crippen LogP contribution in [0.4, 0.5) is 4.39 Å². The van der Waals surface area contributed by atoms with Crippen LogP contribution in [0.25, 0.3) is 11.4 Å². The van der Waals surface area contributed by atoms with Gasteiger partial charge < -0.3 is 5.73 Å². The average molecular weight is 231 g/mol. The van der Waals surface area contributed by atoms with E-state index < -0.39 is 0 Å². The first-order valence-electron chi connectivity index (χ1n) is 5.42. The van der Waals surface area contributed by atoms with Crippen LogP contribution >= 0.6 is 0 Å². The van der Waals surface area contributed by atoms with E-state index in [9.17, 15) is 4.39 Å². The zero-order chi connectivity index (χ0) is 12.4. The van der Waals surface area contributed by atoms with Gasteiger partial charge in [0.2, 0.25) is 0 Å². The van der Waals surface area contributed by atoms with Crippen LogP contribution in [0.2, 0.25) is 0 Å². The van der Waals surface area contributed by atoms with E-state index in [1.54, 1.807) is 12.1 Å². The molecule has 3 nitrogen and oxygen atoms in total. The van der Waals surface area contributed by atoms with Gasteiger partial charge in [-0.3, -0.25) is 0 Å². The number of halogens is 1. The van der Waals surface area contributed by atoms with E-state index >= 15 is 0 Å². The number of aryl methyl sites for hydroxylation is 1. The van der Waals surface area contributed by atoms with Crippen molar-refractivity contribution >= 4 is 0 Å². The van der Waals surface area contributed by atoms with Crippen molar-refractivity contribution < 1.29 is 4.39 Å². The highest BCUT2D eigenvalue weighted by molar-refractivity contribution is 5.55. The Balaban J connectivity index is 2.52. The molecule has 0 spiro atoms. The summed E-state index contributed by atoms with van der Waals surface area (Å²) in [6, 6.07) is 6.13. The van der Waals surface area contributed by atoms with Gasteiger partial charge in [0.05, 0.1) is 5.69 Å². The molecule has 1 aromatic heterocycles. The van der Waals surface area contributed by atoms with E-state index in [0.29, 0.717) is 12.4 Å². The molecule has 4 heteroatoms. The summed E-state index contributed by atoms with van der Waals surface area (Å²) in [4.78, 5) is 8.79. The first kappa shape index (κ1) is 11.7. The minimum absolute atomic E-state index is 0.267. The maximum absolute atomic E-state index is 12.8. The number of rotatable bonds is 2. The van der Waals surface area contributed by atoms with Gasteiger partial charge in [0.1, 0.15) is 5.82 Å². The number of benzene rings is 1. The molecule has 0 aliphatic heterocycles. The highest BCUT2D eigenvalue weighted by atomic mass is 19.1. The standard InChI is InChI=1S/C13H14FN3/c1-8-9(2)16-13(17-12(8)7-15)10-3-5-11(14)6-4-10/h3-6H,7,15H2,1-2H3. The summed E-state index contributed by atoms with van der Waals surface area (Å²) in [6.45, 7) is 4.25. The number of hydrogen-bond donors (Lipinski definition) is 1. The van der Waals surface area contributed by atoms with E-state index in [-0.39, 0.29) is 5.82 Å². The molecule has 0 saturated carbocycles. The maximum Gasteiger partial charge on any atom is 0.159 e. The quantitative estimate of drug-likeness (QED) is 0.863. The molecule has 88 valence electrons. The third kappa shape index (κ3) is 2.31. The van der Waals surface area contributed by atoms with Crippen LogP contribution in [-0.4, -0.2) is 9.97 Å². The van der Waals surface area contributed by atoms with E-state index in [1.807, 2.05) is 13.8 Å². The molecule has 0 aliphatic rings. The average Bonchev–Trinajstić information content (AvgIpc) is 2.33. The molecule has 2 rings (SSSR count). The molecule has 0 saturated heterocycles. The smallest absolute Gasteiger partial charge is 0.159 e. The van der Waals surface area contributed by atoms with Crippen LogP contribution in [-0.2, 0) is 6.54 Å². The first-order valence-corrected chi connectivity index (χ1v) is 5.42. The van der Waals surface area contributed by atoms with Crippen molar-refractivity contribution in [1.29, 1.82) is 0 Å². The molecular formula is C13H14FN3. The lowest BCUT2D eigenvalue weighted by Crippen LogP contribution is -2.07. The summed E-state index contributed by atoms with van der Waals surface area (Å²) < 4.78 is 12.8. The van der Waals surface area contributed by atoms with Crippen molar-refractivity contribution in [2.45, 2.75) is 20.4 Å². The van der Waals surface area contributed by atoms with Gasteiger partial charge in [0.15, 0.2) is 5.82 Å². The lowest BCUT2D eigenvalue weighted by atomic mass is 10.1. The van der Waals surface area contributed by atoms with Crippen LogP contribution < -0.4 is 5.73 Å². The predicted molar refractivity (Wildman–Crippen MR) is 64.8 cm³/mol. The normalized spacial score (nSPS) is 10.6. The van der Waals surface area contributed by atoms with Gasteiger partial charge in [-0.25, -0.2) is 14.4 Å². The molecule has 2 aromatic rings. The Morgan fingerprint density at radius 2 is 1.76 bits per heavy atom. The molecule has 1 heterocycles. The largest absolute Gasteiger partial charge is 0.325 e. The van der Waals surface area contributed by atoms with Crippen molar-refractivity contribution in [3.05, 3.63) is 47.0 Å². The molecule has 0 atom stereocenters. The Bertz CT molecular complexity index is 535. The molecular weight excluding hydrogens is 217 g/mol. The summed E-state index contributed by atoms with van der Waals surface area (Å²) in [5.74, 6) is 0.324. The van der Waals surface area contributed by atoms with Crippen molar-refractivity contribution in [2.75, 3.05) is 0 Å². The van der Waals surface area contributed by atoms with Crippen molar-refractivity contribution in [2.24, 2.45) is 5.73 Å². The van der Waals surface area contributed by atoms with E-state index in [0.717, 1.165) is 22.5 Å². The van der Waals surface area contributed by atoms with Gasteiger partial charge in [-0.05, 0) is 43.7 Å². The number of hydrogen-bond acceptors (Lipinski definition) is 3. The van der Waals surface area contributed by atoms with Gasteiger partial charge in [0, 0.05) is 17.8 Å². The minimum atomic E-state index is -0.267. The second-order valence-electron chi connectivity index (χ2n) is 3.92. The summed E-state index contributed by atoms with van der Waals surface area (Å²) in [5.41, 5.74) is 9.18. The van der Waals surface area contributed by atoms with Gasteiger partial charge in [-0.1, -0.05) is 0 Å². The van der Waals surface area contributed by atoms with Crippen LogP contribution in [0.15, 0.2) is 24.3 Å². The van der Waals surface area contributed by atoms with Crippen LogP contribution in [0, 0.1) is 19.7 Å². The van der Waals surface area contributed by atoms with Gasteiger partial charge >= 0.3 is 0 Å². The molecule has 17 heavy (non-hydrogen) atoms. The summed E-state index contributed by atoms with van der Waals surface area (Å²) in [7, 11) is 0. The number of aromatic nitrogens is 2. The van der Waals surface area contributed by atoms with Crippen LogP contribution in [0.1, 0.15) is 17.0 Å². The number of nitrogens with two attached hydrogens (primary N) is 1. The van der Waals surface area contributed by atoms with Gasteiger partial charge in [0.25, 0.3) is 0 Å². The lowest BCUT2D eigenvalue weighted by molar-refractivity contribution is 0.628. The van der Waals surface area contributed by atoms with Gasteiger partial charge in [-0.15, -0.1) is 0 Å². The van der Waals surface area contributed by atoms with Gasteiger partial charge in [-0.2, -0.15) is 0 Å². The fourth-order valence-corrected chi connectivity index (χ4v) is 1.62. The monoisotopic (exact) mass is 231 g/mol. The topological polar surface area (TPSA) is 51.8 Å². The molecule has 1 aromatic carbocycles. The Morgan fingerprint density at radius 1 is 1.12 bits per heavy atom. The maximum atomic E-state index is 12.8. The first-order chi connectivity index (χ1) is 8.11. The lowest BCUT2D eigenvalue weighted by Gasteiger charge is -2.08. The Kier molecular flexibility index (Phi) is 3.15. The fourth-order valence-electron chi connectivity index (χ4n) is 1.62. The minimum Gasteiger partial charge on any atom is -0.325 e. The summed E-state index contributed by atoms with van der Waals surface area (Å²) >= 11 is 0. The zero-order valence-electron chi connectivity index (χ0n) is 9.87. The van der Waals surface area contributed by atoms with Crippen LogP contribution in [0.5, 0.6) is 0 Å². The molecule has 0 bridgehead atoms. The second kappa shape index (κ2) is 4.59. The Morgan fingerprint density at radius 3 is 2.35 bits per heavy atom. The second-order valence-corrected chi connectivity index (χ2v) is 3.92.